The average Bonchev–Trinajstić information content (AvgIpc) is 3.52. The Morgan fingerprint density at radius 1 is 1.13 bits per heavy atom. The number of pyridine rings is 1. The van der Waals surface area contributed by atoms with Gasteiger partial charge in [-0.25, -0.2) is 13.9 Å². The molecule has 1 aliphatic heterocycles. The number of hydrogen-bond acceptors (Lipinski definition) is 6. The summed E-state index contributed by atoms with van der Waals surface area (Å²) in [4.78, 5) is 9.74. The molecule has 0 fully saturated rings. The van der Waals surface area contributed by atoms with E-state index in [1.54, 1.807) is 29.0 Å². The first-order chi connectivity index (χ1) is 15.2. The Kier molecular flexibility index (Phi) is 4.03. The molecule has 154 valence electrons. The SMILES string of the molecule is Fc1ccc(-c2nnc(N3CCc4[nH]cnc4[C@H]3c3cc4cccc(Cl)n4n3)o2)cc1. The number of aromatic amines is 1. The summed E-state index contributed by atoms with van der Waals surface area (Å²) in [7, 11) is 0. The van der Waals surface area contributed by atoms with Crippen molar-refractivity contribution in [1.29, 1.82) is 0 Å². The van der Waals surface area contributed by atoms with E-state index in [1.807, 2.05) is 23.1 Å². The number of H-pyrrole nitrogens is 1. The first kappa shape index (κ1) is 18.1. The molecule has 1 N–H and O–H groups in total. The van der Waals surface area contributed by atoms with Crippen LogP contribution < -0.4 is 4.90 Å². The maximum atomic E-state index is 13.3. The number of anilines is 1. The van der Waals surface area contributed by atoms with Crippen LogP contribution in [0.2, 0.25) is 5.15 Å². The van der Waals surface area contributed by atoms with E-state index in [2.05, 4.69) is 20.2 Å². The van der Waals surface area contributed by atoms with Gasteiger partial charge in [0.2, 0.25) is 5.89 Å². The molecule has 4 aromatic heterocycles. The third kappa shape index (κ3) is 2.97. The normalized spacial score (nSPS) is 16.1. The Labute approximate surface area is 180 Å². The van der Waals surface area contributed by atoms with Gasteiger partial charge in [-0.05, 0) is 42.5 Å². The van der Waals surface area contributed by atoms with E-state index in [0.717, 1.165) is 29.0 Å². The fourth-order valence-electron chi connectivity index (χ4n) is 3.96. The van der Waals surface area contributed by atoms with Gasteiger partial charge in [0.15, 0.2) is 0 Å². The zero-order valence-corrected chi connectivity index (χ0v) is 16.8. The quantitative estimate of drug-likeness (QED) is 0.430. The van der Waals surface area contributed by atoms with Gasteiger partial charge in [-0.2, -0.15) is 5.10 Å². The number of halogens is 2. The van der Waals surface area contributed by atoms with Gasteiger partial charge >= 0.3 is 6.01 Å². The number of aromatic nitrogens is 6. The second kappa shape index (κ2) is 6.92. The summed E-state index contributed by atoms with van der Waals surface area (Å²) in [6.45, 7) is 0.631. The maximum Gasteiger partial charge on any atom is 0.319 e. The molecule has 0 saturated carbocycles. The smallest absolute Gasteiger partial charge is 0.319 e. The molecule has 0 spiro atoms. The zero-order valence-electron chi connectivity index (χ0n) is 16.0. The lowest BCUT2D eigenvalue weighted by molar-refractivity contribution is 0.503. The van der Waals surface area contributed by atoms with Crippen LogP contribution in [0.5, 0.6) is 0 Å². The van der Waals surface area contributed by atoms with E-state index in [-0.39, 0.29) is 11.9 Å². The third-order valence-electron chi connectivity index (χ3n) is 5.42. The first-order valence-electron chi connectivity index (χ1n) is 9.70. The topological polar surface area (TPSA) is 88.1 Å². The summed E-state index contributed by atoms with van der Waals surface area (Å²) in [5.74, 6) is -0.00391. The molecule has 31 heavy (non-hydrogen) atoms. The van der Waals surface area contributed by atoms with Crippen molar-refractivity contribution in [1.82, 2.24) is 29.8 Å². The van der Waals surface area contributed by atoms with Gasteiger partial charge in [0.05, 0.1) is 23.2 Å². The number of rotatable bonds is 3. The van der Waals surface area contributed by atoms with Crippen molar-refractivity contribution in [3.63, 3.8) is 0 Å². The molecule has 1 atom stereocenters. The van der Waals surface area contributed by atoms with Gasteiger partial charge < -0.3 is 14.3 Å². The number of imidazole rings is 1. The van der Waals surface area contributed by atoms with E-state index < -0.39 is 0 Å². The van der Waals surface area contributed by atoms with Crippen LogP contribution in [0.4, 0.5) is 10.4 Å². The Bertz CT molecular complexity index is 1390. The van der Waals surface area contributed by atoms with Crippen molar-refractivity contribution >= 4 is 23.1 Å². The minimum Gasteiger partial charge on any atom is -0.403 e. The Morgan fingerprint density at radius 2 is 2.00 bits per heavy atom. The summed E-state index contributed by atoms with van der Waals surface area (Å²) in [6.07, 6.45) is 2.43. The highest BCUT2D eigenvalue weighted by Gasteiger charge is 2.36. The van der Waals surface area contributed by atoms with Gasteiger partial charge in [0, 0.05) is 24.2 Å². The van der Waals surface area contributed by atoms with Crippen molar-refractivity contribution in [3.05, 3.63) is 82.9 Å². The average molecular weight is 436 g/mol. The molecule has 6 rings (SSSR count). The van der Waals surface area contributed by atoms with Crippen molar-refractivity contribution < 1.29 is 8.81 Å². The largest absolute Gasteiger partial charge is 0.403 e. The highest BCUT2D eigenvalue weighted by atomic mass is 35.5. The van der Waals surface area contributed by atoms with Crippen LogP contribution in [0, 0.1) is 5.82 Å². The lowest BCUT2D eigenvalue weighted by atomic mass is 10.0. The van der Waals surface area contributed by atoms with Crippen LogP contribution in [0.1, 0.15) is 23.1 Å². The van der Waals surface area contributed by atoms with Gasteiger partial charge in [-0.1, -0.05) is 22.8 Å². The molecule has 10 heteroatoms. The second-order valence-corrected chi connectivity index (χ2v) is 7.65. The molecule has 0 bridgehead atoms. The molecule has 0 amide bonds. The van der Waals surface area contributed by atoms with Crippen LogP contribution in [0.15, 0.2) is 59.3 Å². The lowest BCUT2D eigenvalue weighted by Gasteiger charge is -2.32. The minimum atomic E-state index is -0.326. The van der Waals surface area contributed by atoms with Crippen molar-refractivity contribution in [3.8, 4) is 11.5 Å². The highest BCUT2D eigenvalue weighted by molar-refractivity contribution is 6.29. The summed E-state index contributed by atoms with van der Waals surface area (Å²) in [6, 6.07) is 13.6. The van der Waals surface area contributed by atoms with Gasteiger partial charge in [-0.3, -0.25) is 0 Å². The number of nitrogens with zero attached hydrogens (tertiary/aromatic N) is 6. The van der Waals surface area contributed by atoms with Crippen LogP contribution in [-0.2, 0) is 6.42 Å². The summed E-state index contributed by atoms with van der Waals surface area (Å²) in [5, 5.41) is 13.7. The highest BCUT2D eigenvalue weighted by Crippen LogP contribution is 2.37. The summed E-state index contributed by atoms with van der Waals surface area (Å²) < 4.78 is 20.9. The van der Waals surface area contributed by atoms with E-state index in [0.29, 0.717) is 29.2 Å². The molecule has 0 aliphatic carbocycles. The molecule has 0 saturated heterocycles. The van der Waals surface area contributed by atoms with E-state index in [4.69, 9.17) is 21.1 Å². The molecule has 5 aromatic rings. The van der Waals surface area contributed by atoms with Crippen LogP contribution in [0.25, 0.3) is 17.0 Å². The van der Waals surface area contributed by atoms with Crippen LogP contribution in [-0.4, -0.2) is 36.3 Å². The first-order valence-corrected chi connectivity index (χ1v) is 10.1. The number of benzene rings is 1. The number of fused-ring (bicyclic) bond motifs is 2. The van der Waals surface area contributed by atoms with Crippen molar-refractivity contribution in [2.45, 2.75) is 12.5 Å². The Hall–Kier alpha value is -3.72. The fourth-order valence-corrected chi connectivity index (χ4v) is 4.17. The van der Waals surface area contributed by atoms with E-state index in [9.17, 15) is 4.39 Å². The van der Waals surface area contributed by atoms with Crippen LogP contribution >= 0.6 is 11.6 Å². The third-order valence-corrected chi connectivity index (χ3v) is 5.70. The Balaban J connectivity index is 1.44. The molecule has 0 unspecified atom stereocenters. The number of hydrogen-bond donors (Lipinski definition) is 1. The standard InChI is InChI=1S/C21H15ClFN7O/c22-17-3-1-2-14-10-16(28-30(14)17)19-18-15(24-11-25-18)8-9-29(19)21-27-26-20(31-21)12-4-6-13(23)7-5-12/h1-7,10-11,19H,8-9H2,(H,24,25)/t19-/m1/s1. The summed E-state index contributed by atoms with van der Waals surface area (Å²) >= 11 is 6.32. The summed E-state index contributed by atoms with van der Waals surface area (Å²) in [5.41, 5.74) is 4.19. The molecule has 1 aliphatic rings. The van der Waals surface area contributed by atoms with Crippen LogP contribution in [0.3, 0.4) is 0 Å². The van der Waals surface area contributed by atoms with E-state index >= 15 is 0 Å². The zero-order chi connectivity index (χ0) is 20.9. The van der Waals surface area contributed by atoms with Gasteiger partial charge in [-0.15, -0.1) is 5.10 Å². The van der Waals surface area contributed by atoms with Crippen molar-refractivity contribution in [2.75, 3.05) is 11.4 Å². The maximum absolute atomic E-state index is 13.3. The molecule has 5 heterocycles. The number of nitrogens with one attached hydrogen (secondary N) is 1. The monoisotopic (exact) mass is 435 g/mol. The van der Waals surface area contributed by atoms with Gasteiger partial charge in [0.25, 0.3) is 0 Å². The minimum absolute atomic E-state index is 0.319. The fraction of sp³-hybridized carbons (Fsp3) is 0.143. The predicted molar refractivity (Wildman–Crippen MR) is 111 cm³/mol. The molecule has 1 aromatic carbocycles. The van der Waals surface area contributed by atoms with E-state index in [1.165, 1.54) is 12.1 Å². The Morgan fingerprint density at radius 3 is 2.84 bits per heavy atom. The molecular formula is C21H15ClFN7O. The molecular weight excluding hydrogens is 421 g/mol. The van der Waals surface area contributed by atoms with Gasteiger partial charge in [0.1, 0.15) is 17.0 Å². The predicted octanol–water partition coefficient (Wildman–Crippen LogP) is 4.05. The second-order valence-electron chi connectivity index (χ2n) is 7.26. The molecule has 0 radical (unpaired) electrons. The lowest BCUT2D eigenvalue weighted by Crippen LogP contribution is -2.36. The van der Waals surface area contributed by atoms with Crippen molar-refractivity contribution in [2.24, 2.45) is 0 Å². The molecule has 8 nitrogen and oxygen atoms in total.